The van der Waals surface area contributed by atoms with E-state index in [1.54, 1.807) is 0 Å². The van der Waals surface area contributed by atoms with Gasteiger partial charge in [-0.3, -0.25) is 4.79 Å². The normalized spacial score (nSPS) is 37.2. The Bertz CT molecular complexity index is 622. The summed E-state index contributed by atoms with van der Waals surface area (Å²) in [5, 5.41) is 10.6. The second kappa shape index (κ2) is 6.08. The lowest BCUT2D eigenvalue weighted by molar-refractivity contribution is -0.133. The number of aliphatic hydroxyl groups excluding tert-OH is 1. The highest BCUT2D eigenvalue weighted by atomic mass is 127. The van der Waals surface area contributed by atoms with Crippen LogP contribution in [0.25, 0.3) is 6.08 Å². The molecular formula is C19H23IO2. The lowest BCUT2D eigenvalue weighted by atomic mass is 9.54. The number of carbonyl (C=O) groups is 1. The Hall–Kier alpha value is -0.680. The summed E-state index contributed by atoms with van der Waals surface area (Å²) in [7, 11) is 0. The summed E-state index contributed by atoms with van der Waals surface area (Å²) >= 11 is 2.29. The molecule has 3 heteroatoms. The number of fused-ring (bicyclic) bond motifs is 1. The molecule has 3 rings (SSSR count). The van der Waals surface area contributed by atoms with E-state index in [0.29, 0.717) is 12.3 Å². The van der Waals surface area contributed by atoms with Crippen molar-refractivity contribution in [1.29, 1.82) is 0 Å². The van der Waals surface area contributed by atoms with Crippen LogP contribution in [0.5, 0.6) is 0 Å². The largest absolute Gasteiger partial charge is 0.393 e. The van der Waals surface area contributed by atoms with Crippen molar-refractivity contribution in [3.63, 3.8) is 0 Å². The fourth-order valence-corrected chi connectivity index (χ4v) is 4.97. The van der Waals surface area contributed by atoms with Crippen LogP contribution in [0.3, 0.4) is 0 Å². The van der Waals surface area contributed by atoms with Crippen LogP contribution in [0.1, 0.15) is 45.1 Å². The Morgan fingerprint density at radius 2 is 2.14 bits per heavy atom. The van der Waals surface area contributed by atoms with Gasteiger partial charge in [-0.25, -0.2) is 0 Å². The third-order valence-electron chi connectivity index (χ3n) is 5.70. The predicted molar refractivity (Wildman–Crippen MR) is 97.4 cm³/mol. The van der Waals surface area contributed by atoms with Crippen LogP contribution in [0.4, 0.5) is 0 Å². The summed E-state index contributed by atoms with van der Waals surface area (Å²) in [6.07, 6.45) is 5.41. The van der Waals surface area contributed by atoms with Gasteiger partial charge in [0.25, 0.3) is 0 Å². The Labute approximate surface area is 146 Å². The van der Waals surface area contributed by atoms with Crippen molar-refractivity contribution in [2.45, 2.75) is 45.6 Å². The second-order valence-corrected chi connectivity index (χ2v) is 8.36. The molecule has 0 aromatic heterocycles. The van der Waals surface area contributed by atoms with Gasteiger partial charge in [-0.1, -0.05) is 32.4 Å². The van der Waals surface area contributed by atoms with Crippen LogP contribution in [0, 0.1) is 20.8 Å². The molecule has 2 nitrogen and oxygen atoms in total. The zero-order chi connectivity index (χ0) is 15.9. The molecule has 2 saturated carbocycles. The fourth-order valence-electron chi connectivity index (χ4n) is 4.40. The summed E-state index contributed by atoms with van der Waals surface area (Å²) < 4.78 is 1.17. The number of hydrogen-bond donors (Lipinski definition) is 1. The summed E-state index contributed by atoms with van der Waals surface area (Å²) in [5.41, 5.74) is 1.81. The van der Waals surface area contributed by atoms with Gasteiger partial charge >= 0.3 is 0 Å². The Morgan fingerprint density at radius 3 is 2.86 bits per heavy atom. The first-order chi connectivity index (χ1) is 10.4. The van der Waals surface area contributed by atoms with Crippen molar-refractivity contribution < 1.29 is 9.90 Å². The number of Topliss-reactive ketones (excluding diaryl/α,β-unsaturated/α-hetero) is 1. The molecule has 2 fully saturated rings. The molecule has 1 N–H and O–H groups in total. The van der Waals surface area contributed by atoms with Crippen LogP contribution in [0.15, 0.2) is 29.8 Å². The second-order valence-electron chi connectivity index (χ2n) is 7.11. The number of carbonyl (C=O) groups excluding carboxylic acids is 1. The van der Waals surface area contributed by atoms with Gasteiger partial charge < -0.3 is 5.11 Å². The third-order valence-corrected chi connectivity index (χ3v) is 6.37. The first-order valence-electron chi connectivity index (χ1n) is 8.10. The van der Waals surface area contributed by atoms with Gasteiger partial charge in [-0.2, -0.15) is 0 Å². The molecule has 2 aliphatic rings. The highest BCUT2D eigenvalue weighted by Crippen LogP contribution is 2.53. The first kappa shape index (κ1) is 16.2. The minimum Gasteiger partial charge on any atom is -0.393 e. The number of hydrogen-bond acceptors (Lipinski definition) is 2. The average molecular weight is 410 g/mol. The highest BCUT2D eigenvalue weighted by Gasteiger charge is 2.51. The zero-order valence-corrected chi connectivity index (χ0v) is 15.3. The molecular weight excluding hydrogens is 387 g/mol. The summed E-state index contributed by atoms with van der Waals surface area (Å²) in [5.74, 6) is 0.606. The van der Waals surface area contributed by atoms with Crippen LogP contribution in [-0.4, -0.2) is 17.0 Å². The van der Waals surface area contributed by atoms with Gasteiger partial charge in [0.05, 0.1) is 6.10 Å². The van der Waals surface area contributed by atoms with Crippen molar-refractivity contribution in [3.8, 4) is 0 Å². The quantitative estimate of drug-likeness (QED) is 0.549. The van der Waals surface area contributed by atoms with Gasteiger partial charge in [0, 0.05) is 14.9 Å². The SMILES string of the molecule is CC1C(=O)C(=Cc2cccc(I)c2)C[C@@]2(C)C1CCC[C@@H]2O. The van der Waals surface area contributed by atoms with Crippen molar-refractivity contribution in [2.24, 2.45) is 17.3 Å². The summed E-state index contributed by atoms with van der Waals surface area (Å²) in [6, 6.07) is 8.21. The molecule has 0 saturated heterocycles. The van der Waals surface area contributed by atoms with Crippen molar-refractivity contribution >= 4 is 34.5 Å². The van der Waals surface area contributed by atoms with E-state index in [0.717, 1.165) is 30.4 Å². The van der Waals surface area contributed by atoms with Gasteiger partial charge in [-0.05, 0) is 77.1 Å². The standard InChI is InChI=1S/C19H23IO2/c1-12-16-7-4-8-17(21)19(16,2)11-14(18(12)22)9-13-5-3-6-15(20)10-13/h3,5-6,9-10,12,16-17,21H,4,7-8,11H2,1-2H3/t12?,16?,17-,19-/m0/s1. The monoisotopic (exact) mass is 410 g/mol. The van der Waals surface area contributed by atoms with Crippen molar-refractivity contribution in [3.05, 3.63) is 39.0 Å². The molecule has 0 aliphatic heterocycles. The molecule has 4 atom stereocenters. The van der Waals surface area contributed by atoms with Crippen LogP contribution >= 0.6 is 22.6 Å². The molecule has 0 amide bonds. The topological polar surface area (TPSA) is 37.3 Å². The molecule has 0 radical (unpaired) electrons. The number of benzene rings is 1. The Kier molecular flexibility index (Phi) is 4.47. The molecule has 22 heavy (non-hydrogen) atoms. The van der Waals surface area contributed by atoms with Crippen molar-refractivity contribution in [1.82, 2.24) is 0 Å². The zero-order valence-electron chi connectivity index (χ0n) is 13.2. The number of allylic oxidation sites excluding steroid dienone is 1. The minimum atomic E-state index is -0.291. The number of rotatable bonds is 1. The third kappa shape index (κ3) is 2.78. The van der Waals surface area contributed by atoms with E-state index in [-0.39, 0.29) is 23.2 Å². The molecule has 1 aromatic rings. The Morgan fingerprint density at radius 1 is 1.36 bits per heavy atom. The number of ketones is 1. The lowest BCUT2D eigenvalue weighted by Gasteiger charge is -2.51. The van der Waals surface area contributed by atoms with E-state index in [1.807, 2.05) is 25.1 Å². The van der Waals surface area contributed by atoms with E-state index in [4.69, 9.17) is 0 Å². The molecule has 2 unspecified atom stereocenters. The number of aliphatic hydroxyl groups is 1. The molecule has 2 aliphatic carbocycles. The van der Waals surface area contributed by atoms with Crippen LogP contribution in [0.2, 0.25) is 0 Å². The van der Waals surface area contributed by atoms with E-state index in [2.05, 4.69) is 41.6 Å². The average Bonchev–Trinajstić information content (AvgIpc) is 2.47. The molecule has 118 valence electrons. The van der Waals surface area contributed by atoms with Crippen LogP contribution in [-0.2, 0) is 4.79 Å². The minimum absolute atomic E-state index is 0.0164. The predicted octanol–water partition coefficient (Wildman–Crippen LogP) is 4.45. The highest BCUT2D eigenvalue weighted by molar-refractivity contribution is 14.1. The molecule has 0 bridgehead atoms. The maximum Gasteiger partial charge on any atom is 0.161 e. The lowest BCUT2D eigenvalue weighted by Crippen LogP contribution is -2.51. The van der Waals surface area contributed by atoms with E-state index in [1.165, 1.54) is 3.57 Å². The van der Waals surface area contributed by atoms with Gasteiger partial charge in [-0.15, -0.1) is 0 Å². The fraction of sp³-hybridized carbons (Fsp3) is 0.526. The van der Waals surface area contributed by atoms with Gasteiger partial charge in [0.15, 0.2) is 5.78 Å². The summed E-state index contributed by atoms with van der Waals surface area (Å²) in [4.78, 5) is 12.8. The summed E-state index contributed by atoms with van der Waals surface area (Å²) in [6.45, 7) is 4.22. The van der Waals surface area contributed by atoms with Gasteiger partial charge in [0.2, 0.25) is 0 Å². The Balaban J connectivity index is 1.97. The first-order valence-corrected chi connectivity index (χ1v) is 9.18. The molecule has 1 aromatic carbocycles. The van der Waals surface area contributed by atoms with E-state index in [9.17, 15) is 9.90 Å². The maximum atomic E-state index is 12.8. The maximum absolute atomic E-state index is 12.8. The molecule has 0 heterocycles. The number of halogens is 1. The van der Waals surface area contributed by atoms with Crippen molar-refractivity contribution in [2.75, 3.05) is 0 Å². The van der Waals surface area contributed by atoms with Crippen LogP contribution < -0.4 is 0 Å². The molecule has 0 spiro atoms. The smallest absolute Gasteiger partial charge is 0.161 e. The van der Waals surface area contributed by atoms with E-state index < -0.39 is 0 Å². The van der Waals surface area contributed by atoms with Gasteiger partial charge in [0.1, 0.15) is 0 Å². The van der Waals surface area contributed by atoms with E-state index >= 15 is 0 Å².